The number of nitrogen functional groups attached to an aromatic ring is 1. The fourth-order valence-corrected chi connectivity index (χ4v) is 1.90. The summed E-state index contributed by atoms with van der Waals surface area (Å²) in [6, 6.07) is 7.17. The van der Waals surface area contributed by atoms with E-state index in [1.807, 2.05) is 33.0 Å². The molecule has 0 radical (unpaired) electrons. The molecule has 1 aromatic carbocycles. The molecule has 18 heavy (non-hydrogen) atoms. The zero-order valence-corrected chi connectivity index (χ0v) is 10.7. The van der Waals surface area contributed by atoms with E-state index in [1.165, 1.54) is 0 Å². The van der Waals surface area contributed by atoms with Crippen LogP contribution >= 0.6 is 0 Å². The molecule has 0 fully saturated rings. The molecule has 94 valence electrons. The maximum Gasteiger partial charge on any atom is 0.259 e. The molecule has 5 nitrogen and oxygen atoms in total. The fraction of sp³-hybridized carbons (Fsp3) is 0.231. The van der Waals surface area contributed by atoms with Gasteiger partial charge < -0.3 is 11.1 Å². The Morgan fingerprint density at radius 1 is 1.33 bits per heavy atom. The van der Waals surface area contributed by atoms with Gasteiger partial charge in [0.2, 0.25) is 0 Å². The average Bonchev–Trinajstić information content (AvgIpc) is 2.56. The third-order valence-electron chi connectivity index (χ3n) is 2.95. The summed E-state index contributed by atoms with van der Waals surface area (Å²) in [5, 5.41) is 7.02. The van der Waals surface area contributed by atoms with Crippen LogP contribution in [0.5, 0.6) is 0 Å². The smallest absolute Gasteiger partial charge is 0.259 e. The standard InChI is InChI=1S/C13H16N4O/c1-8-12(9(2)17(3)16-8)13(18)15-11-7-5-4-6-10(11)14/h4-7H,14H2,1-3H3,(H,15,18). The van der Waals surface area contributed by atoms with E-state index in [4.69, 9.17) is 5.73 Å². The van der Waals surface area contributed by atoms with Crippen LogP contribution in [0, 0.1) is 13.8 Å². The molecule has 2 rings (SSSR count). The maximum atomic E-state index is 12.2. The molecule has 0 saturated heterocycles. The molecule has 0 aliphatic carbocycles. The van der Waals surface area contributed by atoms with Crippen molar-refractivity contribution in [3.8, 4) is 0 Å². The molecule has 0 spiro atoms. The van der Waals surface area contributed by atoms with E-state index in [0.29, 0.717) is 22.6 Å². The first-order valence-corrected chi connectivity index (χ1v) is 5.66. The van der Waals surface area contributed by atoms with E-state index in [0.717, 1.165) is 5.69 Å². The van der Waals surface area contributed by atoms with Gasteiger partial charge in [-0.15, -0.1) is 0 Å². The second-order valence-corrected chi connectivity index (χ2v) is 4.21. The van der Waals surface area contributed by atoms with E-state index >= 15 is 0 Å². The molecule has 0 saturated carbocycles. The number of rotatable bonds is 2. The minimum atomic E-state index is -0.184. The summed E-state index contributed by atoms with van der Waals surface area (Å²) in [5.41, 5.74) is 9.10. The normalized spacial score (nSPS) is 10.4. The summed E-state index contributed by atoms with van der Waals surface area (Å²) in [7, 11) is 1.82. The van der Waals surface area contributed by atoms with E-state index in [2.05, 4.69) is 10.4 Å². The number of anilines is 2. The number of hydrogen-bond acceptors (Lipinski definition) is 3. The Morgan fingerprint density at radius 3 is 2.56 bits per heavy atom. The van der Waals surface area contributed by atoms with Crippen LogP contribution in [0.3, 0.4) is 0 Å². The molecule has 0 unspecified atom stereocenters. The summed E-state index contributed by atoms with van der Waals surface area (Å²) >= 11 is 0. The number of nitrogens with one attached hydrogen (secondary N) is 1. The summed E-state index contributed by atoms with van der Waals surface area (Å²) in [5.74, 6) is -0.184. The molecule has 0 aliphatic heterocycles. The highest BCUT2D eigenvalue weighted by molar-refractivity contribution is 6.07. The number of hydrogen-bond donors (Lipinski definition) is 2. The fourth-order valence-electron chi connectivity index (χ4n) is 1.90. The van der Waals surface area contributed by atoms with Crippen molar-refractivity contribution in [2.45, 2.75) is 13.8 Å². The van der Waals surface area contributed by atoms with Crippen LogP contribution in [-0.2, 0) is 7.05 Å². The van der Waals surface area contributed by atoms with Crippen LogP contribution < -0.4 is 11.1 Å². The van der Waals surface area contributed by atoms with Gasteiger partial charge >= 0.3 is 0 Å². The Hall–Kier alpha value is -2.30. The van der Waals surface area contributed by atoms with E-state index in [1.54, 1.807) is 16.8 Å². The van der Waals surface area contributed by atoms with Crippen molar-refractivity contribution in [2.24, 2.45) is 7.05 Å². The highest BCUT2D eigenvalue weighted by Crippen LogP contribution is 2.19. The Morgan fingerprint density at radius 2 is 2.00 bits per heavy atom. The lowest BCUT2D eigenvalue weighted by atomic mass is 10.1. The lowest BCUT2D eigenvalue weighted by molar-refractivity contribution is 0.102. The van der Waals surface area contributed by atoms with Gasteiger partial charge in [-0.3, -0.25) is 9.48 Å². The van der Waals surface area contributed by atoms with Gasteiger partial charge in [-0.1, -0.05) is 12.1 Å². The van der Waals surface area contributed by atoms with Gasteiger partial charge in [0.1, 0.15) is 0 Å². The summed E-state index contributed by atoms with van der Waals surface area (Å²) in [6.45, 7) is 3.68. The maximum absolute atomic E-state index is 12.2. The van der Waals surface area contributed by atoms with Crippen LogP contribution in [0.1, 0.15) is 21.7 Å². The number of aryl methyl sites for hydroxylation is 2. The van der Waals surface area contributed by atoms with Crippen molar-refractivity contribution in [3.05, 3.63) is 41.2 Å². The minimum absolute atomic E-state index is 0.184. The first-order valence-electron chi connectivity index (χ1n) is 5.66. The van der Waals surface area contributed by atoms with Gasteiger partial charge in [-0.2, -0.15) is 5.10 Å². The predicted octanol–water partition coefficient (Wildman–Crippen LogP) is 1.87. The SMILES string of the molecule is Cc1nn(C)c(C)c1C(=O)Nc1ccccc1N. The Balaban J connectivity index is 2.31. The monoisotopic (exact) mass is 244 g/mol. The van der Waals surface area contributed by atoms with E-state index < -0.39 is 0 Å². The molecular formula is C13H16N4O. The lowest BCUT2D eigenvalue weighted by Gasteiger charge is -2.08. The third kappa shape index (κ3) is 2.07. The first-order chi connectivity index (χ1) is 8.50. The molecule has 1 heterocycles. The molecule has 5 heteroatoms. The van der Waals surface area contributed by atoms with E-state index in [-0.39, 0.29) is 5.91 Å². The van der Waals surface area contributed by atoms with Crippen molar-refractivity contribution in [1.82, 2.24) is 9.78 Å². The number of amides is 1. The number of benzene rings is 1. The van der Waals surface area contributed by atoms with Crippen molar-refractivity contribution in [3.63, 3.8) is 0 Å². The van der Waals surface area contributed by atoms with Gasteiger partial charge in [0.15, 0.2) is 0 Å². The summed E-state index contributed by atoms with van der Waals surface area (Å²) in [4.78, 5) is 12.2. The second kappa shape index (κ2) is 4.52. The second-order valence-electron chi connectivity index (χ2n) is 4.21. The van der Waals surface area contributed by atoms with Gasteiger partial charge in [0.25, 0.3) is 5.91 Å². The largest absolute Gasteiger partial charge is 0.397 e. The number of carbonyl (C=O) groups is 1. The highest BCUT2D eigenvalue weighted by atomic mass is 16.1. The number of para-hydroxylation sites is 2. The first kappa shape index (κ1) is 12.2. The van der Waals surface area contributed by atoms with E-state index in [9.17, 15) is 4.79 Å². The summed E-state index contributed by atoms with van der Waals surface area (Å²) in [6.07, 6.45) is 0. The van der Waals surface area contributed by atoms with Gasteiger partial charge in [-0.25, -0.2) is 0 Å². The lowest BCUT2D eigenvalue weighted by Crippen LogP contribution is -2.15. The van der Waals surface area contributed by atoms with Crippen LogP contribution in [0.2, 0.25) is 0 Å². The molecule has 2 aromatic rings. The Kier molecular flexibility index (Phi) is 3.06. The van der Waals surface area contributed by atoms with Gasteiger partial charge in [0, 0.05) is 12.7 Å². The molecule has 0 atom stereocenters. The van der Waals surface area contributed by atoms with Crippen molar-refractivity contribution >= 4 is 17.3 Å². The number of aromatic nitrogens is 2. The molecule has 0 aliphatic rings. The highest BCUT2D eigenvalue weighted by Gasteiger charge is 2.17. The Bertz CT molecular complexity index is 601. The van der Waals surface area contributed by atoms with Crippen LogP contribution in [0.4, 0.5) is 11.4 Å². The molecule has 1 amide bonds. The molecule has 0 bridgehead atoms. The molecule has 3 N–H and O–H groups in total. The summed E-state index contributed by atoms with van der Waals surface area (Å²) < 4.78 is 1.69. The van der Waals surface area contributed by atoms with Crippen molar-refractivity contribution in [2.75, 3.05) is 11.1 Å². The zero-order valence-electron chi connectivity index (χ0n) is 10.7. The van der Waals surface area contributed by atoms with Crippen LogP contribution in [-0.4, -0.2) is 15.7 Å². The topological polar surface area (TPSA) is 72.9 Å². The van der Waals surface area contributed by atoms with Crippen molar-refractivity contribution in [1.29, 1.82) is 0 Å². The van der Waals surface area contributed by atoms with Crippen LogP contribution in [0.15, 0.2) is 24.3 Å². The number of nitrogens with zero attached hydrogens (tertiary/aromatic N) is 2. The minimum Gasteiger partial charge on any atom is -0.397 e. The average molecular weight is 244 g/mol. The molecule has 1 aromatic heterocycles. The predicted molar refractivity (Wildman–Crippen MR) is 71.5 cm³/mol. The van der Waals surface area contributed by atoms with Gasteiger partial charge in [-0.05, 0) is 26.0 Å². The van der Waals surface area contributed by atoms with Gasteiger partial charge in [0.05, 0.1) is 22.6 Å². The third-order valence-corrected chi connectivity index (χ3v) is 2.95. The number of nitrogens with two attached hydrogens (primary N) is 1. The Labute approximate surface area is 106 Å². The van der Waals surface area contributed by atoms with Crippen LogP contribution in [0.25, 0.3) is 0 Å². The number of carbonyl (C=O) groups excluding carboxylic acids is 1. The zero-order chi connectivity index (χ0) is 13.3. The molecular weight excluding hydrogens is 228 g/mol. The quantitative estimate of drug-likeness (QED) is 0.792. The van der Waals surface area contributed by atoms with Crippen molar-refractivity contribution < 1.29 is 4.79 Å².